The Balaban J connectivity index is 2.27. The molecule has 3 heteroatoms. The first-order valence-corrected chi connectivity index (χ1v) is 5.05. The molecule has 0 unspecified atom stereocenters. The maximum atomic E-state index is 13.3. The largest absolute Gasteiger partial charge is 0.436 e. The van der Waals surface area contributed by atoms with Crippen molar-refractivity contribution in [1.29, 1.82) is 0 Å². The van der Waals surface area contributed by atoms with Crippen LogP contribution in [0.25, 0.3) is 6.08 Å². The van der Waals surface area contributed by atoms with Gasteiger partial charge in [0, 0.05) is 12.1 Å². The Bertz CT molecular complexity index is 574. The van der Waals surface area contributed by atoms with Crippen LogP contribution in [0.3, 0.4) is 0 Å². The fourth-order valence-electron chi connectivity index (χ4n) is 1.31. The Hall–Kier alpha value is -2.38. The Kier molecular flexibility index (Phi) is 3.34. The van der Waals surface area contributed by atoms with E-state index >= 15 is 0 Å². The first-order valence-electron chi connectivity index (χ1n) is 5.05. The zero-order valence-corrected chi connectivity index (χ0v) is 9.06. The van der Waals surface area contributed by atoms with Gasteiger partial charge < -0.3 is 4.74 Å². The van der Waals surface area contributed by atoms with Crippen molar-refractivity contribution in [3.63, 3.8) is 0 Å². The Morgan fingerprint density at radius 3 is 2.76 bits per heavy atom. The van der Waals surface area contributed by atoms with Crippen molar-refractivity contribution >= 4 is 6.08 Å². The Morgan fingerprint density at radius 1 is 1.18 bits per heavy atom. The smallest absolute Gasteiger partial charge is 0.219 e. The SMILES string of the molecule is C=C=Cc1cccc(Oc2ccccc2F)n1. The van der Waals surface area contributed by atoms with Crippen LogP contribution in [0, 0.1) is 5.82 Å². The van der Waals surface area contributed by atoms with E-state index in [-0.39, 0.29) is 5.75 Å². The van der Waals surface area contributed by atoms with Gasteiger partial charge in [0.25, 0.3) is 0 Å². The monoisotopic (exact) mass is 227 g/mol. The zero-order chi connectivity index (χ0) is 12.1. The molecule has 0 saturated carbocycles. The molecule has 0 spiro atoms. The average Bonchev–Trinajstić information content (AvgIpc) is 2.33. The summed E-state index contributed by atoms with van der Waals surface area (Å²) in [6, 6.07) is 11.4. The number of aromatic nitrogens is 1. The number of para-hydroxylation sites is 1. The first kappa shape index (κ1) is 11.1. The van der Waals surface area contributed by atoms with E-state index < -0.39 is 5.82 Å². The molecule has 0 N–H and O–H groups in total. The third kappa shape index (κ3) is 2.80. The van der Waals surface area contributed by atoms with Gasteiger partial charge in [0.1, 0.15) is 0 Å². The van der Waals surface area contributed by atoms with E-state index in [9.17, 15) is 4.39 Å². The molecule has 0 radical (unpaired) electrons. The van der Waals surface area contributed by atoms with Crippen LogP contribution in [0.5, 0.6) is 11.6 Å². The van der Waals surface area contributed by atoms with Crippen molar-refractivity contribution in [2.75, 3.05) is 0 Å². The van der Waals surface area contributed by atoms with Crippen LogP contribution in [0.4, 0.5) is 4.39 Å². The van der Waals surface area contributed by atoms with Crippen LogP contribution in [0.15, 0.2) is 54.8 Å². The molecular weight excluding hydrogens is 217 g/mol. The van der Waals surface area contributed by atoms with E-state index in [0.29, 0.717) is 11.6 Å². The van der Waals surface area contributed by atoms with Gasteiger partial charge in [0.05, 0.1) is 5.69 Å². The molecule has 0 atom stereocenters. The third-order valence-corrected chi connectivity index (χ3v) is 2.05. The maximum absolute atomic E-state index is 13.3. The van der Waals surface area contributed by atoms with E-state index in [1.165, 1.54) is 6.07 Å². The van der Waals surface area contributed by atoms with Crippen LogP contribution in [-0.4, -0.2) is 4.98 Å². The van der Waals surface area contributed by atoms with Gasteiger partial charge in [-0.3, -0.25) is 0 Å². The van der Waals surface area contributed by atoms with E-state index in [4.69, 9.17) is 4.74 Å². The van der Waals surface area contributed by atoms with Gasteiger partial charge in [-0.2, -0.15) is 0 Å². The number of benzene rings is 1. The topological polar surface area (TPSA) is 22.1 Å². The first-order chi connectivity index (χ1) is 8.29. The number of ether oxygens (including phenoxy) is 1. The van der Waals surface area contributed by atoms with Gasteiger partial charge in [-0.25, -0.2) is 9.37 Å². The lowest BCUT2D eigenvalue weighted by Gasteiger charge is -2.05. The highest BCUT2D eigenvalue weighted by atomic mass is 19.1. The highest BCUT2D eigenvalue weighted by Crippen LogP contribution is 2.22. The Morgan fingerprint density at radius 2 is 2.00 bits per heavy atom. The highest BCUT2D eigenvalue weighted by molar-refractivity contribution is 5.44. The normalized spacial score (nSPS) is 9.47. The fourth-order valence-corrected chi connectivity index (χ4v) is 1.31. The quantitative estimate of drug-likeness (QED) is 0.744. The molecule has 2 nitrogen and oxygen atoms in total. The molecule has 2 rings (SSSR count). The van der Waals surface area contributed by atoms with Crippen LogP contribution >= 0.6 is 0 Å². The van der Waals surface area contributed by atoms with Gasteiger partial charge in [-0.05, 0) is 18.2 Å². The molecule has 0 aliphatic heterocycles. The molecule has 1 heterocycles. The van der Waals surface area contributed by atoms with E-state index in [1.54, 1.807) is 42.5 Å². The minimum Gasteiger partial charge on any atom is -0.436 e. The summed E-state index contributed by atoms with van der Waals surface area (Å²) in [5.74, 6) is 0.0674. The molecule has 2 aromatic rings. The molecule has 17 heavy (non-hydrogen) atoms. The van der Waals surface area contributed by atoms with E-state index in [2.05, 4.69) is 17.3 Å². The summed E-state index contributed by atoms with van der Waals surface area (Å²) in [6.45, 7) is 3.46. The molecule has 0 bridgehead atoms. The molecule has 0 fully saturated rings. The molecular formula is C14H10FNO. The van der Waals surface area contributed by atoms with Crippen molar-refractivity contribution in [3.8, 4) is 11.6 Å². The van der Waals surface area contributed by atoms with Crippen molar-refractivity contribution in [2.24, 2.45) is 0 Å². The second-order valence-electron chi connectivity index (χ2n) is 3.28. The van der Waals surface area contributed by atoms with Crippen molar-refractivity contribution in [3.05, 3.63) is 66.3 Å². The van der Waals surface area contributed by atoms with Crippen LogP contribution < -0.4 is 4.74 Å². The van der Waals surface area contributed by atoms with Gasteiger partial charge in [0.15, 0.2) is 11.6 Å². The number of rotatable bonds is 3. The summed E-state index contributed by atoms with van der Waals surface area (Å²) in [5, 5.41) is 0. The van der Waals surface area contributed by atoms with Gasteiger partial charge in [0.2, 0.25) is 5.88 Å². The maximum Gasteiger partial charge on any atom is 0.219 e. The molecule has 1 aromatic heterocycles. The zero-order valence-electron chi connectivity index (χ0n) is 9.06. The second-order valence-corrected chi connectivity index (χ2v) is 3.28. The van der Waals surface area contributed by atoms with E-state index in [1.807, 2.05) is 0 Å². The Labute approximate surface area is 98.7 Å². The van der Waals surface area contributed by atoms with Crippen molar-refractivity contribution in [1.82, 2.24) is 4.98 Å². The number of pyridine rings is 1. The summed E-state index contributed by atoms with van der Waals surface area (Å²) in [4.78, 5) is 4.15. The number of nitrogens with zero attached hydrogens (tertiary/aromatic N) is 1. The minimum atomic E-state index is -0.418. The lowest BCUT2D eigenvalue weighted by Crippen LogP contribution is -1.91. The predicted molar refractivity (Wildman–Crippen MR) is 64.3 cm³/mol. The summed E-state index contributed by atoms with van der Waals surface area (Å²) in [6.07, 6.45) is 1.62. The van der Waals surface area contributed by atoms with Crippen LogP contribution in [-0.2, 0) is 0 Å². The predicted octanol–water partition coefficient (Wildman–Crippen LogP) is 3.81. The van der Waals surface area contributed by atoms with Crippen molar-refractivity contribution in [2.45, 2.75) is 0 Å². The molecule has 0 saturated heterocycles. The fraction of sp³-hybridized carbons (Fsp3) is 0. The molecule has 84 valence electrons. The minimum absolute atomic E-state index is 0.153. The summed E-state index contributed by atoms with van der Waals surface area (Å²) < 4.78 is 18.7. The number of halogens is 1. The standard InChI is InChI=1S/C14H10FNO/c1-2-6-11-7-5-10-14(16-11)17-13-9-4-3-8-12(13)15/h3-10H,1H2. The molecule has 0 amide bonds. The van der Waals surface area contributed by atoms with Gasteiger partial charge >= 0.3 is 0 Å². The number of hydrogen-bond acceptors (Lipinski definition) is 2. The molecule has 0 aliphatic rings. The van der Waals surface area contributed by atoms with Crippen molar-refractivity contribution < 1.29 is 9.13 Å². The number of hydrogen-bond donors (Lipinski definition) is 0. The summed E-state index contributed by atoms with van der Waals surface area (Å²) in [7, 11) is 0. The lowest BCUT2D eigenvalue weighted by molar-refractivity contribution is 0.427. The summed E-state index contributed by atoms with van der Waals surface area (Å²) in [5.41, 5.74) is 3.28. The third-order valence-electron chi connectivity index (χ3n) is 2.05. The van der Waals surface area contributed by atoms with Gasteiger partial charge in [-0.1, -0.05) is 24.8 Å². The highest BCUT2D eigenvalue weighted by Gasteiger charge is 2.04. The average molecular weight is 227 g/mol. The van der Waals surface area contributed by atoms with Crippen LogP contribution in [0.1, 0.15) is 5.69 Å². The second kappa shape index (κ2) is 5.10. The van der Waals surface area contributed by atoms with Gasteiger partial charge in [-0.15, -0.1) is 5.73 Å². The lowest BCUT2D eigenvalue weighted by atomic mass is 10.3. The summed E-state index contributed by atoms with van der Waals surface area (Å²) >= 11 is 0. The van der Waals surface area contributed by atoms with E-state index in [0.717, 1.165) is 0 Å². The molecule has 1 aromatic carbocycles. The molecule has 0 aliphatic carbocycles. The van der Waals surface area contributed by atoms with Crippen LogP contribution in [0.2, 0.25) is 0 Å².